The average molecular weight is 452 g/mol. The number of pyridine rings is 1. The number of rotatable bonds is 2. The summed E-state index contributed by atoms with van der Waals surface area (Å²) in [7, 11) is 0. The van der Waals surface area contributed by atoms with Gasteiger partial charge in [-0.25, -0.2) is 9.78 Å². The van der Waals surface area contributed by atoms with Crippen LogP contribution in [0.4, 0.5) is 23.8 Å². The number of carbonyl (C=O) groups is 1. The smallest absolute Gasteiger partial charge is 0.378 e. The Hall–Kier alpha value is -2.89. The lowest BCUT2D eigenvalue weighted by molar-refractivity contribution is -0.159. The molecule has 0 bridgehead atoms. The molecule has 0 unspecified atom stereocenters. The van der Waals surface area contributed by atoms with Crippen molar-refractivity contribution in [2.75, 3.05) is 57.4 Å². The van der Waals surface area contributed by atoms with Crippen LogP contribution in [0.25, 0.3) is 11.4 Å². The van der Waals surface area contributed by atoms with E-state index in [1.165, 1.54) is 6.20 Å². The van der Waals surface area contributed by atoms with Crippen LogP contribution < -0.4 is 4.90 Å². The van der Waals surface area contributed by atoms with Crippen LogP contribution in [0.1, 0.15) is 18.7 Å². The monoisotopic (exact) mass is 452 g/mol. The number of carbonyl (C=O) groups excluding carboxylic acids is 1. The molecule has 5 rings (SSSR count). The van der Waals surface area contributed by atoms with E-state index < -0.39 is 12.1 Å². The number of likely N-dealkylation sites (tertiary alicyclic amines) is 1. The maximum Gasteiger partial charge on any atom is 0.471 e. The van der Waals surface area contributed by atoms with Crippen LogP contribution >= 0.6 is 0 Å². The molecule has 0 N–H and O–H groups in total. The van der Waals surface area contributed by atoms with E-state index >= 15 is 0 Å². The molecule has 3 aliphatic rings. The molecule has 2 aromatic heterocycles. The maximum atomic E-state index is 12.7. The zero-order valence-electron chi connectivity index (χ0n) is 17.3. The number of halogens is 3. The predicted molar refractivity (Wildman–Crippen MR) is 106 cm³/mol. The van der Waals surface area contributed by atoms with E-state index in [4.69, 9.17) is 4.74 Å². The van der Waals surface area contributed by atoms with Gasteiger partial charge < -0.3 is 24.0 Å². The summed E-state index contributed by atoms with van der Waals surface area (Å²) in [5, 5.41) is 3.38. The highest BCUT2D eigenvalue weighted by Crippen LogP contribution is 2.42. The first-order valence-electron chi connectivity index (χ1n) is 10.6. The van der Waals surface area contributed by atoms with E-state index in [1.54, 1.807) is 12.1 Å². The number of anilines is 1. The van der Waals surface area contributed by atoms with E-state index in [2.05, 4.69) is 24.5 Å². The van der Waals surface area contributed by atoms with E-state index in [0.29, 0.717) is 31.9 Å². The number of hydrogen-bond acceptors (Lipinski definition) is 7. The Balaban J connectivity index is 1.15. The highest BCUT2D eigenvalue weighted by molar-refractivity contribution is 5.74. The SMILES string of the molecule is O=C(N1CCOCC1)N1CCC2(CC1)CN(c1ccc(-c3noc(C(F)(F)F)n3)cn1)C2. The number of alkyl halides is 3. The van der Waals surface area contributed by atoms with Gasteiger partial charge in [0, 0.05) is 56.4 Å². The lowest BCUT2D eigenvalue weighted by Gasteiger charge is -2.54. The zero-order valence-corrected chi connectivity index (χ0v) is 17.3. The van der Waals surface area contributed by atoms with Crippen LogP contribution in [0.3, 0.4) is 0 Å². The second-order valence-corrected chi connectivity index (χ2v) is 8.55. The van der Waals surface area contributed by atoms with Crippen LogP contribution in [0.5, 0.6) is 0 Å². The average Bonchev–Trinajstić information content (AvgIpc) is 3.29. The van der Waals surface area contributed by atoms with Crippen molar-refractivity contribution in [3.63, 3.8) is 0 Å². The Morgan fingerprint density at radius 3 is 2.31 bits per heavy atom. The molecule has 0 radical (unpaired) electrons. The summed E-state index contributed by atoms with van der Waals surface area (Å²) in [6.45, 7) is 5.68. The molecule has 1 spiro atoms. The summed E-state index contributed by atoms with van der Waals surface area (Å²) in [6, 6.07) is 3.50. The summed E-state index contributed by atoms with van der Waals surface area (Å²) in [5.41, 5.74) is 0.537. The zero-order chi connectivity index (χ0) is 22.3. The molecular formula is C20H23F3N6O3. The number of ether oxygens (including phenoxy) is 1. The van der Waals surface area contributed by atoms with Crippen LogP contribution in [-0.4, -0.2) is 83.4 Å². The third kappa shape index (κ3) is 3.98. The molecule has 0 aliphatic carbocycles. The number of piperidine rings is 1. The Kier molecular flexibility index (Phi) is 5.19. The number of nitrogens with zero attached hydrogens (tertiary/aromatic N) is 6. The lowest BCUT2D eigenvalue weighted by atomic mass is 9.72. The second-order valence-electron chi connectivity index (χ2n) is 8.55. The highest BCUT2D eigenvalue weighted by Gasteiger charge is 2.46. The molecule has 32 heavy (non-hydrogen) atoms. The van der Waals surface area contributed by atoms with Gasteiger partial charge in [-0.1, -0.05) is 5.16 Å². The topological polar surface area (TPSA) is 87.8 Å². The predicted octanol–water partition coefficient (Wildman–Crippen LogP) is 2.50. The molecule has 3 aliphatic heterocycles. The third-order valence-electron chi connectivity index (χ3n) is 6.43. The normalized spacial score (nSPS) is 21.0. The van der Waals surface area contributed by atoms with Gasteiger partial charge in [-0.05, 0) is 25.0 Å². The highest BCUT2D eigenvalue weighted by atomic mass is 19.4. The number of urea groups is 1. The van der Waals surface area contributed by atoms with E-state index in [9.17, 15) is 18.0 Å². The molecule has 0 atom stereocenters. The molecule has 3 saturated heterocycles. The number of aromatic nitrogens is 3. The third-order valence-corrected chi connectivity index (χ3v) is 6.43. The largest absolute Gasteiger partial charge is 0.471 e. The number of hydrogen-bond donors (Lipinski definition) is 0. The first-order chi connectivity index (χ1) is 15.3. The van der Waals surface area contributed by atoms with Crippen LogP contribution in [0.15, 0.2) is 22.9 Å². The van der Waals surface area contributed by atoms with Gasteiger partial charge >= 0.3 is 18.1 Å². The van der Waals surface area contributed by atoms with Gasteiger partial charge in [-0.3, -0.25) is 0 Å². The minimum absolute atomic E-state index is 0.103. The summed E-state index contributed by atoms with van der Waals surface area (Å²) < 4.78 is 47.5. The number of amides is 2. The van der Waals surface area contributed by atoms with E-state index in [1.807, 2.05) is 9.80 Å². The molecule has 172 valence electrons. The fourth-order valence-corrected chi connectivity index (χ4v) is 4.53. The van der Waals surface area contributed by atoms with Crippen molar-refractivity contribution >= 4 is 11.8 Å². The van der Waals surface area contributed by atoms with Crippen molar-refractivity contribution in [1.82, 2.24) is 24.9 Å². The van der Waals surface area contributed by atoms with Crippen molar-refractivity contribution < 1.29 is 27.2 Å². The molecule has 0 saturated carbocycles. The van der Waals surface area contributed by atoms with Gasteiger partial charge in [-0.15, -0.1) is 0 Å². The standard InChI is InChI=1S/C20H23F3N6O3/c21-20(22,23)17-25-16(26-32-17)14-1-2-15(24-11-14)29-12-19(13-29)3-5-27(6-4-19)18(30)28-7-9-31-10-8-28/h1-2,11H,3-10,12-13H2. The van der Waals surface area contributed by atoms with E-state index in [0.717, 1.165) is 44.8 Å². The molecule has 2 amide bonds. The number of morpholine rings is 1. The van der Waals surface area contributed by atoms with Crippen LogP contribution in [-0.2, 0) is 10.9 Å². The summed E-state index contributed by atoms with van der Waals surface area (Å²) in [5.74, 6) is -0.765. The van der Waals surface area contributed by atoms with Crippen LogP contribution in [0, 0.1) is 5.41 Å². The van der Waals surface area contributed by atoms with Gasteiger partial charge in [0.2, 0.25) is 5.82 Å². The van der Waals surface area contributed by atoms with Crippen molar-refractivity contribution in [1.29, 1.82) is 0 Å². The quantitative estimate of drug-likeness (QED) is 0.692. The summed E-state index contributed by atoms with van der Waals surface area (Å²) in [4.78, 5) is 26.4. The summed E-state index contributed by atoms with van der Waals surface area (Å²) in [6.07, 6.45) is -1.33. The summed E-state index contributed by atoms with van der Waals surface area (Å²) >= 11 is 0. The van der Waals surface area contributed by atoms with E-state index in [-0.39, 0.29) is 17.3 Å². The Morgan fingerprint density at radius 2 is 1.72 bits per heavy atom. The fourth-order valence-electron chi connectivity index (χ4n) is 4.53. The van der Waals surface area contributed by atoms with Gasteiger partial charge in [0.15, 0.2) is 0 Å². The molecule has 3 fully saturated rings. The molecule has 9 nitrogen and oxygen atoms in total. The van der Waals surface area contributed by atoms with Crippen molar-refractivity contribution in [3.05, 3.63) is 24.2 Å². The molecular weight excluding hydrogens is 429 g/mol. The maximum absolute atomic E-state index is 12.7. The van der Waals surface area contributed by atoms with Gasteiger partial charge in [0.25, 0.3) is 0 Å². The molecule has 12 heteroatoms. The minimum atomic E-state index is -4.67. The Labute approximate surface area is 182 Å². The molecule has 5 heterocycles. The Morgan fingerprint density at radius 1 is 1.03 bits per heavy atom. The van der Waals surface area contributed by atoms with Crippen molar-refractivity contribution in [2.45, 2.75) is 19.0 Å². The van der Waals surface area contributed by atoms with Gasteiger partial charge in [0.1, 0.15) is 5.82 Å². The van der Waals surface area contributed by atoms with Crippen molar-refractivity contribution in [2.24, 2.45) is 5.41 Å². The van der Waals surface area contributed by atoms with Crippen molar-refractivity contribution in [3.8, 4) is 11.4 Å². The first kappa shape index (κ1) is 21.0. The Bertz CT molecular complexity index is 958. The first-order valence-corrected chi connectivity index (χ1v) is 10.6. The van der Waals surface area contributed by atoms with Gasteiger partial charge in [0.05, 0.1) is 13.2 Å². The lowest BCUT2D eigenvalue weighted by Crippen LogP contribution is -2.62. The molecule has 0 aromatic carbocycles. The van der Waals surface area contributed by atoms with Gasteiger partial charge in [-0.2, -0.15) is 18.2 Å². The molecule has 2 aromatic rings. The van der Waals surface area contributed by atoms with Crippen LogP contribution in [0.2, 0.25) is 0 Å². The minimum Gasteiger partial charge on any atom is -0.378 e. The second kappa shape index (κ2) is 7.91. The fraction of sp³-hybridized carbons (Fsp3) is 0.600.